The molecule has 2 aromatic heterocycles. The predicted octanol–water partition coefficient (Wildman–Crippen LogP) is 1.71. The predicted molar refractivity (Wildman–Crippen MR) is 76.1 cm³/mol. The molecule has 0 atom stereocenters. The van der Waals surface area contributed by atoms with Gasteiger partial charge in [0.1, 0.15) is 18.2 Å². The van der Waals surface area contributed by atoms with Crippen LogP contribution in [0.3, 0.4) is 0 Å². The lowest BCUT2D eigenvalue weighted by Crippen LogP contribution is -2.10. The van der Waals surface area contributed by atoms with Gasteiger partial charge in [0.05, 0.1) is 11.2 Å². The van der Waals surface area contributed by atoms with Gasteiger partial charge in [-0.15, -0.1) is 11.3 Å². The van der Waals surface area contributed by atoms with Crippen molar-refractivity contribution in [3.63, 3.8) is 0 Å². The van der Waals surface area contributed by atoms with Gasteiger partial charge in [-0.3, -0.25) is 0 Å². The number of hydrogen-bond donors (Lipinski definition) is 2. The normalized spacial score (nSPS) is 10.6. The molecule has 7 heteroatoms. The molecule has 6 nitrogen and oxygen atoms in total. The number of thiazole rings is 1. The van der Waals surface area contributed by atoms with E-state index in [1.807, 2.05) is 17.8 Å². The first kappa shape index (κ1) is 13.7. The van der Waals surface area contributed by atoms with Crippen molar-refractivity contribution in [1.82, 2.24) is 15.0 Å². The first-order valence-electron chi connectivity index (χ1n) is 6.10. The highest BCUT2D eigenvalue weighted by Crippen LogP contribution is 2.09. The Kier molecular flexibility index (Phi) is 5.05. The molecule has 0 aliphatic rings. The summed E-state index contributed by atoms with van der Waals surface area (Å²) in [6.07, 6.45) is 0.855. The molecule has 3 N–H and O–H groups in total. The smallest absolute Gasteiger partial charge is 0.158 e. The van der Waals surface area contributed by atoms with Crippen molar-refractivity contribution in [3.8, 4) is 0 Å². The number of nitrogen functional groups attached to an aromatic ring is 1. The summed E-state index contributed by atoms with van der Waals surface area (Å²) in [5, 5.41) is 5.26. The van der Waals surface area contributed by atoms with Crippen LogP contribution in [0.4, 0.5) is 11.6 Å². The quantitative estimate of drug-likeness (QED) is 0.802. The maximum absolute atomic E-state index is 5.74. The van der Waals surface area contributed by atoms with E-state index in [0.29, 0.717) is 24.9 Å². The van der Waals surface area contributed by atoms with Gasteiger partial charge in [-0.2, -0.15) is 0 Å². The Morgan fingerprint density at radius 2 is 2.32 bits per heavy atom. The highest BCUT2D eigenvalue weighted by Gasteiger charge is 2.03. The first-order valence-corrected chi connectivity index (χ1v) is 7.04. The van der Waals surface area contributed by atoms with Gasteiger partial charge in [-0.05, 0) is 6.92 Å². The molecule has 0 radical (unpaired) electrons. The standard InChI is InChI=1S/C12H17N5OS/c1-2-18-6-12-16-10(13)5-11(17-12)14-4-3-9-7-19-8-15-9/h5,7-8H,2-4,6H2,1H3,(H3,13,14,16,17). The third-order valence-corrected chi connectivity index (χ3v) is 3.03. The maximum Gasteiger partial charge on any atom is 0.158 e. The van der Waals surface area contributed by atoms with Gasteiger partial charge >= 0.3 is 0 Å². The lowest BCUT2D eigenvalue weighted by molar-refractivity contribution is 0.128. The molecule has 0 amide bonds. The van der Waals surface area contributed by atoms with E-state index in [-0.39, 0.29) is 0 Å². The number of ether oxygens (including phenoxy) is 1. The van der Waals surface area contributed by atoms with Crippen LogP contribution in [-0.4, -0.2) is 28.1 Å². The molecule has 0 aromatic carbocycles. The number of nitrogens with one attached hydrogen (secondary N) is 1. The minimum Gasteiger partial charge on any atom is -0.384 e. The van der Waals surface area contributed by atoms with Crippen LogP contribution in [-0.2, 0) is 17.8 Å². The molecule has 0 unspecified atom stereocenters. The zero-order valence-electron chi connectivity index (χ0n) is 10.8. The Morgan fingerprint density at radius 3 is 3.05 bits per heavy atom. The van der Waals surface area contributed by atoms with Crippen LogP contribution in [0.1, 0.15) is 18.4 Å². The topological polar surface area (TPSA) is 86.0 Å². The van der Waals surface area contributed by atoms with Crippen molar-refractivity contribution >= 4 is 23.0 Å². The molecular formula is C12H17N5OS. The van der Waals surface area contributed by atoms with Crippen LogP contribution in [0.15, 0.2) is 17.0 Å². The van der Waals surface area contributed by atoms with Crippen molar-refractivity contribution in [2.45, 2.75) is 20.0 Å². The number of hydrogen-bond acceptors (Lipinski definition) is 7. The summed E-state index contributed by atoms with van der Waals surface area (Å²) >= 11 is 1.60. The summed E-state index contributed by atoms with van der Waals surface area (Å²) in [6.45, 7) is 3.70. The number of nitrogens with zero attached hydrogens (tertiary/aromatic N) is 3. The second-order valence-corrected chi connectivity index (χ2v) is 4.61. The molecule has 102 valence electrons. The molecule has 0 bridgehead atoms. The SMILES string of the molecule is CCOCc1nc(N)cc(NCCc2cscn2)n1. The fourth-order valence-corrected chi connectivity index (χ4v) is 2.14. The van der Waals surface area contributed by atoms with Crippen LogP contribution >= 0.6 is 11.3 Å². The summed E-state index contributed by atoms with van der Waals surface area (Å²) < 4.78 is 5.28. The second kappa shape index (κ2) is 7.01. The minimum atomic E-state index is 0.377. The molecule has 0 aliphatic carbocycles. The van der Waals surface area contributed by atoms with E-state index < -0.39 is 0 Å². The third kappa shape index (κ3) is 4.46. The van der Waals surface area contributed by atoms with Gasteiger partial charge in [0, 0.05) is 31.0 Å². The molecule has 19 heavy (non-hydrogen) atoms. The fraction of sp³-hybridized carbons (Fsp3) is 0.417. The maximum atomic E-state index is 5.74. The first-order chi connectivity index (χ1) is 9.28. The van der Waals surface area contributed by atoms with E-state index in [9.17, 15) is 0 Å². The zero-order valence-corrected chi connectivity index (χ0v) is 11.6. The lowest BCUT2D eigenvalue weighted by atomic mass is 10.3. The minimum absolute atomic E-state index is 0.377. The number of aromatic nitrogens is 3. The van der Waals surface area contributed by atoms with E-state index >= 15 is 0 Å². The molecule has 0 aliphatic heterocycles. The molecule has 2 aromatic rings. The van der Waals surface area contributed by atoms with Crippen molar-refractivity contribution in [1.29, 1.82) is 0 Å². The van der Waals surface area contributed by atoms with Crippen molar-refractivity contribution in [3.05, 3.63) is 28.5 Å². The van der Waals surface area contributed by atoms with Gasteiger partial charge in [-0.1, -0.05) is 0 Å². The van der Waals surface area contributed by atoms with Crippen LogP contribution in [0, 0.1) is 0 Å². The van der Waals surface area contributed by atoms with Crippen LogP contribution in [0.25, 0.3) is 0 Å². The second-order valence-electron chi connectivity index (χ2n) is 3.89. The summed E-state index contributed by atoms with van der Waals surface area (Å²) in [6, 6.07) is 1.72. The van der Waals surface area contributed by atoms with E-state index in [0.717, 1.165) is 24.5 Å². The monoisotopic (exact) mass is 279 g/mol. The number of anilines is 2. The van der Waals surface area contributed by atoms with Crippen molar-refractivity contribution in [2.24, 2.45) is 0 Å². The Balaban J connectivity index is 1.90. The Hall–Kier alpha value is -1.73. The zero-order chi connectivity index (χ0) is 13.5. The summed E-state index contributed by atoms with van der Waals surface area (Å²) in [4.78, 5) is 12.7. The molecular weight excluding hydrogens is 262 g/mol. The fourth-order valence-electron chi connectivity index (χ4n) is 1.55. The molecule has 2 rings (SSSR count). The highest BCUT2D eigenvalue weighted by atomic mass is 32.1. The molecule has 0 fully saturated rings. The van der Waals surface area contributed by atoms with Crippen LogP contribution in [0.2, 0.25) is 0 Å². The highest BCUT2D eigenvalue weighted by molar-refractivity contribution is 7.07. The van der Waals surface area contributed by atoms with E-state index in [1.165, 1.54) is 0 Å². The van der Waals surface area contributed by atoms with Gasteiger partial charge in [0.15, 0.2) is 5.82 Å². The summed E-state index contributed by atoms with van der Waals surface area (Å²) in [5.41, 5.74) is 8.65. The molecule has 0 saturated heterocycles. The summed E-state index contributed by atoms with van der Waals surface area (Å²) in [7, 11) is 0. The summed E-state index contributed by atoms with van der Waals surface area (Å²) in [5.74, 6) is 1.76. The van der Waals surface area contributed by atoms with Crippen molar-refractivity contribution in [2.75, 3.05) is 24.2 Å². The third-order valence-electron chi connectivity index (χ3n) is 2.40. The van der Waals surface area contributed by atoms with Gasteiger partial charge in [0.2, 0.25) is 0 Å². The Bertz CT molecular complexity index is 503. The molecule has 0 saturated carbocycles. The largest absolute Gasteiger partial charge is 0.384 e. The Labute approximate surface area is 116 Å². The van der Waals surface area contributed by atoms with Crippen LogP contribution in [0.5, 0.6) is 0 Å². The van der Waals surface area contributed by atoms with Crippen LogP contribution < -0.4 is 11.1 Å². The average molecular weight is 279 g/mol. The van der Waals surface area contributed by atoms with Gasteiger partial charge < -0.3 is 15.8 Å². The van der Waals surface area contributed by atoms with Gasteiger partial charge in [0.25, 0.3) is 0 Å². The number of nitrogens with two attached hydrogens (primary N) is 1. The van der Waals surface area contributed by atoms with E-state index in [4.69, 9.17) is 10.5 Å². The average Bonchev–Trinajstić information content (AvgIpc) is 2.89. The van der Waals surface area contributed by atoms with E-state index in [1.54, 1.807) is 17.4 Å². The van der Waals surface area contributed by atoms with Gasteiger partial charge in [-0.25, -0.2) is 15.0 Å². The number of rotatable bonds is 7. The van der Waals surface area contributed by atoms with E-state index in [2.05, 4.69) is 20.3 Å². The Morgan fingerprint density at radius 1 is 1.42 bits per heavy atom. The molecule has 0 spiro atoms. The lowest BCUT2D eigenvalue weighted by Gasteiger charge is -2.07. The molecule has 2 heterocycles. The van der Waals surface area contributed by atoms with Crippen molar-refractivity contribution < 1.29 is 4.74 Å².